The van der Waals surface area contributed by atoms with Crippen LogP contribution in [0.4, 0.5) is 5.69 Å². The first-order chi connectivity index (χ1) is 10.2. The van der Waals surface area contributed by atoms with E-state index in [0.717, 1.165) is 0 Å². The van der Waals surface area contributed by atoms with Crippen molar-refractivity contribution in [2.45, 2.75) is 27.7 Å². The van der Waals surface area contributed by atoms with Gasteiger partial charge in [0.2, 0.25) is 0 Å². The minimum atomic E-state index is 0.251. The van der Waals surface area contributed by atoms with E-state index in [4.69, 9.17) is 0 Å². The van der Waals surface area contributed by atoms with Crippen molar-refractivity contribution in [2.75, 3.05) is 55.0 Å². The van der Waals surface area contributed by atoms with E-state index in [-0.39, 0.29) is 15.8 Å². The maximum Gasteiger partial charge on any atom is 0.0366 e. The van der Waals surface area contributed by atoms with Gasteiger partial charge in [0.05, 0.1) is 0 Å². The van der Waals surface area contributed by atoms with Gasteiger partial charge in [-0.15, -0.1) is 15.8 Å². The van der Waals surface area contributed by atoms with E-state index in [1.165, 1.54) is 55.7 Å². The van der Waals surface area contributed by atoms with Crippen molar-refractivity contribution in [1.29, 1.82) is 0 Å². The van der Waals surface area contributed by atoms with E-state index in [0.29, 0.717) is 0 Å². The van der Waals surface area contributed by atoms with Gasteiger partial charge in [-0.1, -0.05) is 45.9 Å². The number of nitrogens with zero attached hydrogens (tertiary/aromatic N) is 1. The van der Waals surface area contributed by atoms with Crippen LogP contribution in [-0.4, -0.2) is 50.1 Å². The molecule has 0 spiro atoms. The quantitative estimate of drug-likeness (QED) is 0.483. The van der Waals surface area contributed by atoms with Gasteiger partial charge in [0.25, 0.3) is 0 Å². The number of anilines is 1. The maximum atomic E-state index is 2.64. The Kier molecular flexibility index (Phi) is 10.3. The number of hydrogen-bond donors (Lipinski definition) is 0. The molecule has 0 fully saturated rings. The molecule has 0 aliphatic heterocycles. The van der Waals surface area contributed by atoms with Crippen LogP contribution in [-0.2, 0) is 0 Å². The summed E-state index contributed by atoms with van der Waals surface area (Å²) in [6, 6.07) is 11.0. The molecule has 0 aliphatic rings. The second-order valence-corrected chi connectivity index (χ2v) is 11.5. The molecule has 0 heterocycles. The van der Waals surface area contributed by atoms with Gasteiger partial charge < -0.3 is 4.90 Å². The Bertz CT molecular complexity index is 331. The van der Waals surface area contributed by atoms with Crippen LogP contribution in [0.2, 0.25) is 0 Å². The van der Waals surface area contributed by atoms with E-state index < -0.39 is 0 Å². The molecular formula is C18H33NP2. The SMILES string of the molecule is CCP(CC)CCN(CCP(CC)CC)c1ccccc1. The minimum absolute atomic E-state index is 0.251. The van der Waals surface area contributed by atoms with Crippen LogP contribution in [0.3, 0.4) is 0 Å². The highest BCUT2D eigenvalue weighted by Gasteiger charge is 2.11. The fraction of sp³-hybridized carbons (Fsp3) is 0.667. The van der Waals surface area contributed by atoms with Gasteiger partial charge in [0.15, 0.2) is 0 Å². The molecule has 0 atom stereocenters. The molecule has 0 bridgehead atoms. The normalized spacial score (nSPS) is 11.3. The average Bonchev–Trinajstić information content (AvgIpc) is 2.55. The first-order valence-corrected chi connectivity index (χ1v) is 12.3. The van der Waals surface area contributed by atoms with Crippen molar-refractivity contribution < 1.29 is 0 Å². The first kappa shape index (κ1) is 18.9. The zero-order chi connectivity index (χ0) is 15.5. The van der Waals surface area contributed by atoms with E-state index in [1.54, 1.807) is 0 Å². The lowest BCUT2D eigenvalue weighted by molar-refractivity contribution is 0.870. The molecule has 120 valence electrons. The molecule has 1 aromatic rings. The zero-order valence-corrected chi connectivity index (χ0v) is 16.2. The third-order valence-electron chi connectivity index (χ3n) is 4.28. The lowest BCUT2D eigenvalue weighted by Crippen LogP contribution is -2.29. The Balaban J connectivity index is 2.62. The summed E-state index contributed by atoms with van der Waals surface area (Å²) in [7, 11) is 0.502. The molecular weight excluding hydrogens is 292 g/mol. The fourth-order valence-electron chi connectivity index (χ4n) is 2.61. The fourth-order valence-corrected chi connectivity index (χ4v) is 5.82. The molecule has 1 rings (SSSR count). The second kappa shape index (κ2) is 11.4. The highest BCUT2D eigenvalue weighted by Crippen LogP contribution is 2.36. The van der Waals surface area contributed by atoms with E-state index in [1.807, 2.05) is 0 Å². The maximum absolute atomic E-state index is 2.64. The molecule has 0 unspecified atom stereocenters. The monoisotopic (exact) mass is 325 g/mol. The van der Waals surface area contributed by atoms with Crippen molar-refractivity contribution in [3.8, 4) is 0 Å². The summed E-state index contributed by atoms with van der Waals surface area (Å²) in [6.45, 7) is 11.9. The van der Waals surface area contributed by atoms with Gasteiger partial charge in [-0.05, 0) is 49.1 Å². The largest absolute Gasteiger partial charge is 0.371 e. The summed E-state index contributed by atoms with van der Waals surface area (Å²) >= 11 is 0. The van der Waals surface area contributed by atoms with Crippen LogP contribution in [0.15, 0.2) is 30.3 Å². The molecule has 0 saturated heterocycles. The lowest BCUT2D eigenvalue weighted by Gasteiger charge is -2.28. The zero-order valence-electron chi connectivity index (χ0n) is 14.4. The molecule has 0 N–H and O–H groups in total. The molecule has 21 heavy (non-hydrogen) atoms. The highest BCUT2D eigenvalue weighted by atomic mass is 31.1. The van der Waals surface area contributed by atoms with Crippen LogP contribution in [0.25, 0.3) is 0 Å². The van der Waals surface area contributed by atoms with Crippen LogP contribution < -0.4 is 4.90 Å². The van der Waals surface area contributed by atoms with Crippen molar-refractivity contribution in [3.05, 3.63) is 30.3 Å². The predicted octanol–water partition coefficient (Wildman–Crippen LogP) is 5.54. The van der Waals surface area contributed by atoms with Gasteiger partial charge in [-0.25, -0.2) is 0 Å². The Hall–Kier alpha value is -0.120. The summed E-state index contributed by atoms with van der Waals surface area (Å²) in [5, 5.41) is 0. The molecule has 0 radical (unpaired) electrons. The Morgan fingerprint density at radius 1 is 0.714 bits per heavy atom. The molecule has 0 saturated carbocycles. The second-order valence-electron chi connectivity index (χ2n) is 5.38. The molecule has 0 amide bonds. The van der Waals surface area contributed by atoms with Gasteiger partial charge in [0.1, 0.15) is 0 Å². The summed E-state index contributed by atoms with van der Waals surface area (Å²) < 4.78 is 0. The highest BCUT2D eigenvalue weighted by molar-refractivity contribution is 7.57. The van der Waals surface area contributed by atoms with Crippen molar-refractivity contribution in [3.63, 3.8) is 0 Å². The van der Waals surface area contributed by atoms with Crippen molar-refractivity contribution in [1.82, 2.24) is 0 Å². The molecule has 1 nitrogen and oxygen atoms in total. The third kappa shape index (κ3) is 7.12. The van der Waals surface area contributed by atoms with Gasteiger partial charge >= 0.3 is 0 Å². The van der Waals surface area contributed by atoms with Crippen LogP contribution in [0, 0.1) is 0 Å². The summed E-state index contributed by atoms with van der Waals surface area (Å²) in [6.07, 6.45) is 8.31. The van der Waals surface area contributed by atoms with E-state index in [9.17, 15) is 0 Å². The Labute approximate surface area is 135 Å². The van der Waals surface area contributed by atoms with Crippen molar-refractivity contribution in [2.24, 2.45) is 0 Å². The number of benzene rings is 1. The molecule has 0 aliphatic carbocycles. The minimum Gasteiger partial charge on any atom is -0.371 e. The smallest absolute Gasteiger partial charge is 0.0366 e. The summed E-state index contributed by atoms with van der Waals surface area (Å²) in [5.74, 6) is 0. The summed E-state index contributed by atoms with van der Waals surface area (Å²) in [4.78, 5) is 2.64. The first-order valence-electron chi connectivity index (χ1n) is 8.49. The van der Waals surface area contributed by atoms with Gasteiger partial charge in [-0.2, -0.15) is 0 Å². The van der Waals surface area contributed by atoms with E-state index >= 15 is 0 Å². The standard InChI is InChI=1S/C18H33NP2/c1-5-20(6-2)16-14-19(15-17-21(7-3)8-4)18-12-10-9-11-13-18/h9-13H,5-8,14-17H2,1-4H3. The lowest BCUT2D eigenvalue weighted by atomic mass is 10.3. The van der Waals surface area contributed by atoms with Crippen LogP contribution >= 0.6 is 15.8 Å². The summed E-state index contributed by atoms with van der Waals surface area (Å²) in [5.41, 5.74) is 1.42. The van der Waals surface area contributed by atoms with Crippen LogP contribution in [0.5, 0.6) is 0 Å². The molecule has 0 aromatic heterocycles. The average molecular weight is 325 g/mol. The van der Waals surface area contributed by atoms with Gasteiger partial charge in [-0.3, -0.25) is 0 Å². The van der Waals surface area contributed by atoms with Crippen LogP contribution in [0.1, 0.15) is 27.7 Å². The Morgan fingerprint density at radius 2 is 1.14 bits per heavy atom. The van der Waals surface area contributed by atoms with Gasteiger partial charge in [0, 0.05) is 18.8 Å². The molecule has 1 aromatic carbocycles. The molecule has 3 heteroatoms. The van der Waals surface area contributed by atoms with E-state index in [2.05, 4.69) is 62.9 Å². The number of hydrogen-bond acceptors (Lipinski definition) is 1. The topological polar surface area (TPSA) is 3.24 Å². The predicted molar refractivity (Wildman–Crippen MR) is 104 cm³/mol. The van der Waals surface area contributed by atoms with Crippen molar-refractivity contribution >= 4 is 21.5 Å². The third-order valence-corrected chi connectivity index (χ3v) is 9.53. The Morgan fingerprint density at radius 3 is 1.52 bits per heavy atom. The number of para-hydroxylation sites is 1. The number of rotatable bonds is 11.